The number of aliphatic carboxylic acids is 1. The van der Waals surface area contributed by atoms with E-state index < -0.39 is 30.0 Å². The van der Waals surface area contributed by atoms with Crippen molar-refractivity contribution in [2.75, 3.05) is 7.11 Å². The van der Waals surface area contributed by atoms with Crippen LogP contribution >= 0.6 is 11.6 Å². The van der Waals surface area contributed by atoms with Gasteiger partial charge in [0.05, 0.1) is 7.11 Å². The number of carboxylic acids is 1. The van der Waals surface area contributed by atoms with Gasteiger partial charge >= 0.3 is 12.1 Å². The zero-order valence-electron chi connectivity index (χ0n) is 15.5. The third-order valence-corrected chi connectivity index (χ3v) is 4.51. The van der Waals surface area contributed by atoms with Crippen LogP contribution in [0.1, 0.15) is 12.0 Å². The predicted octanol–water partition coefficient (Wildman–Crippen LogP) is 3.00. The summed E-state index contributed by atoms with van der Waals surface area (Å²) in [4.78, 5) is 33.6. The molecular weight excluding hydrogens is 403 g/mol. The summed E-state index contributed by atoms with van der Waals surface area (Å²) >= 11 is 5.93. The molecular formula is C20H20ClFN2O5. The first-order chi connectivity index (χ1) is 13.8. The van der Waals surface area contributed by atoms with E-state index in [0.29, 0.717) is 29.0 Å². The van der Waals surface area contributed by atoms with Crippen LogP contribution in [0.2, 0.25) is 5.02 Å². The maximum Gasteiger partial charge on any atom is 0.407 e. The Balaban J connectivity index is 2.13. The Hall–Kier alpha value is -3.13. The molecule has 2 atom stereocenters. The van der Waals surface area contributed by atoms with Crippen molar-refractivity contribution in [2.45, 2.75) is 24.9 Å². The molecule has 0 spiro atoms. The summed E-state index contributed by atoms with van der Waals surface area (Å²) < 4.78 is 18.4. The number of hydrogen-bond acceptors (Lipinski definition) is 4. The minimum absolute atomic E-state index is 0.0478. The molecule has 0 aliphatic carbocycles. The second-order valence-electron chi connectivity index (χ2n) is 6.27. The highest BCUT2D eigenvalue weighted by Crippen LogP contribution is 2.26. The molecule has 2 amide bonds. The molecule has 0 fully saturated rings. The van der Waals surface area contributed by atoms with E-state index in [9.17, 15) is 23.9 Å². The lowest BCUT2D eigenvalue weighted by Crippen LogP contribution is -2.46. The quantitative estimate of drug-likeness (QED) is 0.539. The maximum absolute atomic E-state index is 14.0. The maximum atomic E-state index is 14.0. The first-order valence-electron chi connectivity index (χ1n) is 8.65. The van der Waals surface area contributed by atoms with Crippen LogP contribution in [0, 0.1) is 5.82 Å². The number of rotatable bonds is 9. The predicted molar refractivity (Wildman–Crippen MR) is 105 cm³/mol. The number of hydrogen-bond donors (Lipinski definition) is 3. The zero-order chi connectivity index (χ0) is 21.4. The Morgan fingerprint density at radius 3 is 2.52 bits per heavy atom. The topological polar surface area (TPSA) is 105 Å². The monoisotopic (exact) mass is 422 g/mol. The second kappa shape index (κ2) is 10.4. The molecule has 0 aliphatic heterocycles. The van der Waals surface area contributed by atoms with Crippen LogP contribution in [0.3, 0.4) is 0 Å². The number of alkyl carbamates (subject to hydrolysis) is 1. The first kappa shape index (κ1) is 22.2. The van der Waals surface area contributed by atoms with Gasteiger partial charge in [0, 0.05) is 16.6 Å². The van der Waals surface area contributed by atoms with Crippen molar-refractivity contribution in [3.8, 4) is 11.1 Å². The molecule has 0 saturated heterocycles. The Morgan fingerprint density at radius 2 is 1.93 bits per heavy atom. The highest BCUT2D eigenvalue weighted by Gasteiger charge is 2.24. The molecule has 9 heteroatoms. The minimum atomic E-state index is -1.25. The summed E-state index contributed by atoms with van der Waals surface area (Å²) in [6.07, 6.45) is -0.148. The van der Waals surface area contributed by atoms with Crippen LogP contribution in [0.15, 0.2) is 42.5 Å². The summed E-state index contributed by atoms with van der Waals surface area (Å²) in [5.41, 5.74) is 1.78. The molecule has 29 heavy (non-hydrogen) atoms. The first-order valence-corrected chi connectivity index (χ1v) is 9.03. The minimum Gasteiger partial charge on any atom is -0.480 e. The van der Waals surface area contributed by atoms with Crippen molar-refractivity contribution < 1.29 is 28.6 Å². The van der Waals surface area contributed by atoms with Gasteiger partial charge in [-0.3, -0.25) is 4.79 Å². The molecule has 3 N–H and O–H groups in total. The Kier molecular flexibility index (Phi) is 7.97. The molecule has 0 heterocycles. The molecule has 0 bridgehead atoms. The number of amides is 2. The number of carboxylic acid groups (broad SMARTS) is 1. The largest absolute Gasteiger partial charge is 0.480 e. The fraction of sp³-hybridized carbons (Fsp3) is 0.250. The summed E-state index contributed by atoms with van der Waals surface area (Å²) in [5, 5.41) is 14.5. The van der Waals surface area contributed by atoms with E-state index >= 15 is 0 Å². The van der Waals surface area contributed by atoms with Gasteiger partial charge in [0.2, 0.25) is 6.41 Å². The smallest absolute Gasteiger partial charge is 0.407 e. The molecule has 0 saturated carbocycles. The highest BCUT2D eigenvalue weighted by atomic mass is 35.5. The molecule has 2 rings (SSSR count). The SMILES string of the molecule is COC(=O)N[C@H](C[C@@H](Cc1ccc(-c2cc(Cl)ccc2F)cc1)NC=O)C(=O)O. The molecule has 7 nitrogen and oxygen atoms in total. The lowest BCUT2D eigenvalue weighted by atomic mass is 9.97. The van der Waals surface area contributed by atoms with E-state index in [2.05, 4.69) is 15.4 Å². The van der Waals surface area contributed by atoms with Crippen molar-refractivity contribution in [2.24, 2.45) is 0 Å². The number of ether oxygens (including phenoxy) is 1. The lowest BCUT2D eigenvalue weighted by molar-refractivity contribution is -0.139. The summed E-state index contributed by atoms with van der Waals surface area (Å²) in [6.45, 7) is 0. The second-order valence-corrected chi connectivity index (χ2v) is 6.71. The van der Waals surface area contributed by atoms with E-state index in [0.717, 1.165) is 12.7 Å². The average Bonchev–Trinajstić information content (AvgIpc) is 2.70. The molecule has 154 valence electrons. The molecule has 0 aliphatic rings. The van der Waals surface area contributed by atoms with Gasteiger partial charge in [0.1, 0.15) is 11.9 Å². The van der Waals surface area contributed by atoms with E-state index in [4.69, 9.17) is 11.6 Å². The van der Waals surface area contributed by atoms with Gasteiger partial charge in [0.25, 0.3) is 0 Å². The van der Waals surface area contributed by atoms with Crippen LogP contribution in [-0.2, 0) is 20.7 Å². The van der Waals surface area contributed by atoms with Crippen LogP contribution in [-0.4, -0.2) is 42.8 Å². The van der Waals surface area contributed by atoms with Crippen molar-refractivity contribution in [3.05, 3.63) is 58.9 Å². The van der Waals surface area contributed by atoms with E-state index in [-0.39, 0.29) is 6.42 Å². The Morgan fingerprint density at radius 1 is 1.24 bits per heavy atom. The van der Waals surface area contributed by atoms with Gasteiger partial charge in [-0.1, -0.05) is 35.9 Å². The van der Waals surface area contributed by atoms with E-state index in [1.54, 1.807) is 24.3 Å². The van der Waals surface area contributed by atoms with Crippen LogP contribution in [0.4, 0.5) is 9.18 Å². The Bertz CT molecular complexity index is 876. The number of halogens is 2. The molecule has 0 radical (unpaired) electrons. The Labute approximate surface area is 171 Å². The summed E-state index contributed by atoms with van der Waals surface area (Å²) in [6, 6.07) is 9.41. The van der Waals surface area contributed by atoms with Gasteiger partial charge < -0.3 is 20.5 Å². The van der Waals surface area contributed by atoms with Crippen molar-refractivity contribution in [3.63, 3.8) is 0 Å². The van der Waals surface area contributed by atoms with Crippen molar-refractivity contribution in [1.29, 1.82) is 0 Å². The van der Waals surface area contributed by atoms with Gasteiger partial charge in [-0.25, -0.2) is 14.0 Å². The third-order valence-electron chi connectivity index (χ3n) is 4.27. The van der Waals surface area contributed by atoms with Gasteiger partial charge in [-0.05, 0) is 42.2 Å². The van der Waals surface area contributed by atoms with Gasteiger partial charge in [-0.15, -0.1) is 0 Å². The highest BCUT2D eigenvalue weighted by molar-refractivity contribution is 6.30. The average molecular weight is 423 g/mol. The number of methoxy groups -OCH3 is 1. The van der Waals surface area contributed by atoms with Crippen molar-refractivity contribution in [1.82, 2.24) is 10.6 Å². The van der Waals surface area contributed by atoms with E-state index in [1.807, 2.05) is 0 Å². The zero-order valence-corrected chi connectivity index (χ0v) is 16.3. The third kappa shape index (κ3) is 6.46. The van der Waals surface area contributed by atoms with Crippen LogP contribution in [0.25, 0.3) is 11.1 Å². The summed E-state index contributed by atoms with van der Waals surface area (Å²) in [5.74, 6) is -1.65. The van der Waals surface area contributed by atoms with Crippen molar-refractivity contribution >= 4 is 30.1 Å². The lowest BCUT2D eigenvalue weighted by Gasteiger charge is -2.21. The van der Waals surface area contributed by atoms with Gasteiger partial charge in [0.15, 0.2) is 0 Å². The van der Waals surface area contributed by atoms with Crippen LogP contribution in [0.5, 0.6) is 0 Å². The molecule has 0 aromatic heterocycles. The fourth-order valence-corrected chi connectivity index (χ4v) is 3.01. The standard InChI is InChI=1S/C20H20ClFN2O5/c1-29-20(28)24-18(19(26)27)10-15(23-11-25)8-12-2-4-13(5-3-12)16-9-14(21)6-7-17(16)22/h2-7,9,11,15,18H,8,10H2,1H3,(H,23,25)(H,24,28)(H,26,27)/t15-,18-/m1/s1. The molecule has 2 aromatic carbocycles. The fourth-order valence-electron chi connectivity index (χ4n) is 2.84. The number of benzene rings is 2. The van der Waals surface area contributed by atoms with Crippen LogP contribution < -0.4 is 10.6 Å². The number of carbonyl (C=O) groups is 3. The number of nitrogens with one attached hydrogen (secondary N) is 2. The molecule has 0 unspecified atom stereocenters. The van der Waals surface area contributed by atoms with E-state index in [1.165, 1.54) is 18.2 Å². The molecule has 2 aromatic rings. The normalized spacial score (nSPS) is 12.5. The summed E-state index contributed by atoms with van der Waals surface area (Å²) in [7, 11) is 1.12. The van der Waals surface area contributed by atoms with Gasteiger partial charge in [-0.2, -0.15) is 0 Å². The number of carbonyl (C=O) groups excluding carboxylic acids is 2.